The third-order valence-corrected chi connectivity index (χ3v) is 5.40. The van der Waals surface area contributed by atoms with Gasteiger partial charge in [-0.05, 0) is 42.4 Å². The lowest BCUT2D eigenvalue weighted by Crippen LogP contribution is -2.39. The van der Waals surface area contributed by atoms with Crippen LogP contribution in [0.25, 0.3) is 0 Å². The van der Waals surface area contributed by atoms with E-state index >= 15 is 0 Å². The highest BCUT2D eigenvalue weighted by Crippen LogP contribution is 2.25. The van der Waals surface area contributed by atoms with Gasteiger partial charge in [0.2, 0.25) is 11.9 Å². The summed E-state index contributed by atoms with van der Waals surface area (Å²) < 4.78 is 0. The van der Waals surface area contributed by atoms with Crippen LogP contribution in [0.4, 0.5) is 5.95 Å². The third kappa shape index (κ3) is 3.65. The van der Waals surface area contributed by atoms with Gasteiger partial charge in [0.1, 0.15) is 0 Å². The average molecular weight is 336 g/mol. The minimum absolute atomic E-state index is 0.309. The molecule has 0 saturated carbocycles. The van der Waals surface area contributed by atoms with Crippen LogP contribution in [0, 0.1) is 5.92 Å². The van der Waals surface area contributed by atoms with Crippen molar-refractivity contribution in [2.24, 2.45) is 5.92 Å². The lowest BCUT2D eigenvalue weighted by molar-refractivity contribution is -0.133. The first-order valence-electron chi connectivity index (χ1n) is 9.16. The Balaban J connectivity index is 1.30. The Morgan fingerprint density at radius 1 is 1.00 bits per heavy atom. The number of piperidine rings is 1. The summed E-state index contributed by atoms with van der Waals surface area (Å²) in [5, 5.41) is 0. The summed E-state index contributed by atoms with van der Waals surface area (Å²) in [7, 11) is 0. The van der Waals surface area contributed by atoms with E-state index in [2.05, 4.69) is 39.1 Å². The summed E-state index contributed by atoms with van der Waals surface area (Å²) in [6.45, 7) is 3.49. The van der Waals surface area contributed by atoms with Crippen molar-refractivity contribution >= 4 is 11.9 Å². The van der Waals surface area contributed by atoms with E-state index in [-0.39, 0.29) is 0 Å². The standard InChI is InChI=1S/C20H24N4O/c25-19(24-13-8-17-4-1-2-5-18(17)15-24)14-16-6-11-23(12-7-16)20-21-9-3-10-22-20/h1-5,9-10,16H,6-8,11-15H2. The SMILES string of the molecule is O=C(CC1CCN(c2ncccn2)CC1)N1CCc2ccccc2C1. The van der Waals surface area contributed by atoms with Crippen LogP contribution in [0.1, 0.15) is 30.4 Å². The predicted octanol–water partition coefficient (Wildman–Crippen LogP) is 2.67. The van der Waals surface area contributed by atoms with Gasteiger partial charge in [0, 0.05) is 45.0 Å². The van der Waals surface area contributed by atoms with Gasteiger partial charge in [-0.15, -0.1) is 0 Å². The van der Waals surface area contributed by atoms with Crippen LogP contribution in [0.3, 0.4) is 0 Å². The van der Waals surface area contributed by atoms with Crippen molar-refractivity contribution in [3.05, 3.63) is 53.9 Å². The maximum Gasteiger partial charge on any atom is 0.225 e. The van der Waals surface area contributed by atoms with E-state index < -0.39 is 0 Å². The highest BCUT2D eigenvalue weighted by Gasteiger charge is 2.26. The molecule has 0 spiro atoms. The summed E-state index contributed by atoms with van der Waals surface area (Å²) >= 11 is 0. The van der Waals surface area contributed by atoms with Crippen LogP contribution in [0.2, 0.25) is 0 Å². The molecule has 1 aromatic carbocycles. The van der Waals surface area contributed by atoms with E-state index in [0.717, 1.165) is 51.4 Å². The summed E-state index contributed by atoms with van der Waals surface area (Å²) in [6, 6.07) is 10.3. The van der Waals surface area contributed by atoms with E-state index in [1.165, 1.54) is 11.1 Å². The molecule has 3 heterocycles. The Morgan fingerprint density at radius 2 is 1.72 bits per heavy atom. The average Bonchev–Trinajstić information content (AvgIpc) is 2.69. The fraction of sp³-hybridized carbons (Fsp3) is 0.450. The molecule has 0 N–H and O–H groups in total. The topological polar surface area (TPSA) is 49.3 Å². The maximum atomic E-state index is 12.7. The van der Waals surface area contributed by atoms with E-state index in [9.17, 15) is 4.79 Å². The molecule has 5 nitrogen and oxygen atoms in total. The van der Waals surface area contributed by atoms with Crippen molar-refractivity contribution in [3.8, 4) is 0 Å². The Labute approximate surface area is 148 Å². The number of carbonyl (C=O) groups is 1. The van der Waals surface area contributed by atoms with Crippen LogP contribution >= 0.6 is 0 Å². The number of rotatable bonds is 3. The molecular formula is C20H24N4O. The van der Waals surface area contributed by atoms with Gasteiger partial charge in [0.15, 0.2) is 0 Å². The molecule has 2 aliphatic rings. The number of hydrogen-bond donors (Lipinski definition) is 0. The molecular weight excluding hydrogens is 312 g/mol. The van der Waals surface area contributed by atoms with Gasteiger partial charge in [-0.1, -0.05) is 24.3 Å². The number of anilines is 1. The predicted molar refractivity (Wildman–Crippen MR) is 97.1 cm³/mol. The van der Waals surface area contributed by atoms with Crippen LogP contribution in [-0.4, -0.2) is 40.4 Å². The second kappa shape index (κ2) is 7.21. The van der Waals surface area contributed by atoms with Gasteiger partial charge in [0.25, 0.3) is 0 Å². The van der Waals surface area contributed by atoms with E-state index in [1.54, 1.807) is 12.4 Å². The smallest absolute Gasteiger partial charge is 0.225 e. The molecule has 130 valence electrons. The molecule has 0 unspecified atom stereocenters. The Morgan fingerprint density at radius 3 is 2.48 bits per heavy atom. The second-order valence-corrected chi connectivity index (χ2v) is 7.02. The first-order valence-corrected chi connectivity index (χ1v) is 9.16. The molecule has 5 heteroatoms. The number of nitrogens with zero attached hydrogens (tertiary/aromatic N) is 4. The monoisotopic (exact) mass is 336 g/mol. The van der Waals surface area contributed by atoms with Crippen molar-refractivity contribution in [3.63, 3.8) is 0 Å². The minimum Gasteiger partial charge on any atom is -0.341 e. The Bertz CT molecular complexity index is 725. The van der Waals surface area contributed by atoms with Gasteiger partial charge >= 0.3 is 0 Å². The van der Waals surface area contributed by atoms with E-state index in [4.69, 9.17) is 0 Å². The largest absolute Gasteiger partial charge is 0.341 e. The lowest BCUT2D eigenvalue weighted by atomic mass is 9.92. The highest BCUT2D eigenvalue weighted by molar-refractivity contribution is 5.76. The summed E-state index contributed by atoms with van der Waals surface area (Å²) in [4.78, 5) is 25.6. The van der Waals surface area contributed by atoms with Gasteiger partial charge in [0.05, 0.1) is 0 Å². The van der Waals surface area contributed by atoms with Crippen LogP contribution < -0.4 is 4.90 Å². The molecule has 1 aromatic heterocycles. The number of amides is 1. The van der Waals surface area contributed by atoms with Crippen molar-refractivity contribution < 1.29 is 4.79 Å². The summed E-state index contributed by atoms with van der Waals surface area (Å²) in [5.41, 5.74) is 2.70. The van der Waals surface area contributed by atoms with Crippen LogP contribution in [0.5, 0.6) is 0 Å². The fourth-order valence-corrected chi connectivity index (χ4v) is 3.88. The number of aromatic nitrogens is 2. The van der Waals surface area contributed by atoms with E-state index in [0.29, 0.717) is 18.2 Å². The summed E-state index contributed by atoms with van der Waals surface area (Å²) in [6.07, 6.45) is 7.29. The molecule has 0 atom stereocenters. The van der Waals surface area contributed by atoms with E-state index in [1.807, 2.05) is 11.0 Å². The lowest BCUT2D eigenvalue weighted by Gasteiger charge is -2.34. The zero-order valence-corrected chi connectivity index (χ0v) is 14.5. The van der Waals surface area contributed by atoms with Crippen molar-refractivity contribution in [2.75, 3.05) is 24.5 Å². The van der Waals surface area contributed by atoms with Crippen molar-refractivity contribution in [1.29, 1.82) is 0 Å². The van der Waals surface area contributed by atoms with Crippen LogP contribution in [-0.2, 0) is 17.8 Å². The van der Waals surface area contributed by atoms with Gasteiger partial charge in [-0.3, -0.25) is 4.79 Å². The normalized spacial score (nSPS) is 18.1. The third-order valence-electron chi connectivity index (χ3n) is 5.40. The number of benzene rings is 1. The molecule has 1 saturated heterocycles. The molecule has 2 aliphatic heterocycles. The molecule has 1 fully saturated rings. The van der Waals surface area contributed by atoms with Gasteiger partial charge in [-0.2, -0.15) is 0 Å². The quantitative estimate of drug-likeness (QED) is 0.865. The molecule has 0 radical (unpaired) electrons. The molecule has 0 aliphatic carbocycles. The van der Waals surface area contributed by atoms with Gasteiger partial charge < -0.3 is 9.80 Å². The van der Waals surface area contributed by atoms with Crippen molar-refractivity contribution in [1.82, 2.24) is 14.9 Å². The number of fused-ring (bicyclic) bond motifs is 1. The Kier molecular flexibility index (Phi) is 4.63. The molecule has 0 bridgehead atoms. The molecule has 25 heavy (non-hydrogen) atoms. The Hall–Kier alpha value is -2.43. The summed E-state index contributed by atoms with van der Waals surface area (Å²) in [5.74, 6) is 1.59. The maximum absolute atomic E-state index is 12.7. The molecule has 2 aromatic rings. The molecule has 1 amide bonds. The second-order valence-electron chi connectivity index (χ2n) is 7.02. The number of carbonyl (C=O) groups excluding carboxylic acids is 1. The van der Waals surface area contributed by atoms with Crippen LogP contribution in [0.15, 0.2) is 42.7 Å². The number of hydrogen-bond acceptors (Lipinski definition) is 4. The minimum atomic E-state index is 0.309. The highest BCUT2D eigenvalue weighted by atomic mass is 16.2. The zero-order valence-electron chi connectivity index (χ0n) is 14.5. The zero-order chi connectivity index (χ0) is 17.1. The first-order chi connectivity index (χ1) is 12.3. The van der Waals surface area contributed by atoms with Crippen molar-refractivity contribution in [2.45, 2.75) is 32.2 Å². The van der Waals surface area contributed by atoms with Gasteiger partial charge in [-0.25, -0.2) is 9.97 Å². The fourth-order valence-electron chi connectivity index (χ4n) is 3.88. The first kappa shape index (κ1) is 16.1. The molecule has 4 rings (SSSR count).